The first-order valence-electron chi connectivity index (χ1n) is 8.34. The first-order valence-corrected chi connectivity index (χ1v) is 8.34. The van der Waals surface area contributed by atoms with Crippen LogP contribution in [0.25, 0.3) is 0 Å². The predicted octanol–water partition coefficient (Wildman–Crippen LogP) is 3.09. The summed E-state index contributed by atoms with van der Waals surface area (Å²) >= 11 is 0. The molecule has 0 radical (unpaired) electrons. The molecular weight excluding hydrogens is 260 g/mol. The van der Waals surface area contributed by atoms with Crippen LogP contribution in [-0.2, 0) is 11.2 Å². The Morgan fingerprint density at radius 3 is 2.71 bits per heavy atom. The van der Waals surface area contributed by atoms with Gasteiger partial charge in [-0.25, -0.2) is 0 Å². The molecule has 3 rings (SSSR count). The van der Waals surface area contributed by atoms with Crippen LogP contribution in [0.1, 0.15) is 62.1 Å². The summed E-state index contributed by atoms with van der Waals surface area (Å²) in [5.41, 5.74) is 8.36. The molecule has 0 spiro atoms. The van der Waals surface area contributed by atoms with Gasteiger partial charge < -0.3 is 11.1 Å². The summed E-state index contributed by atoms with van der Waals surface area (Å²) in [6, 6.07) is 8.68. The first kappa shape index (κ1) is 14.6. The van der Waals surface area contributed by atoms with E-state index in [0.717, 1.165) is 44.9 Å². The van der Waals surface area contributed by atoms with E-state index >= 15 is 0 Å². The number of nitrogens with two attached hydrogens (primary N) is 1. The highest BCUT2D eigenvalue weighted by Crippen LogP contribution is 2.37. The van der Waals surface area contributed by atoms with Crippen LogP contribution in [0.4, 0.5) is 0 Å². The molecule has 114 valence electrons. The van der Waals surface area contributed by atoms with Crippen molar-refractivity contribution in [3.8, 4) is 0 Å². The molecule has 0 saturated heterocycles. The molecular formula is C18H26N2O. The number of fused-ring (bicyclic) bond motifs is 1. The number of hydrogen-bond donors (Lipinski definition) is 2. The summed E-state index contributed by atoms with van der Waals surface area (Å²) in [4.78, 5) is 12.8. The van der Waals surface area contributed by atoms with Gasteiger partial charge in [-0.3, -0.25) is 4.79 Å². The lowest BCUT2D eigenvalue weighted by Gasteiger charge is -2.37. The highest BCUT2D eigenvalue weighted by Gasteiger charge is 2.39. The lowest BCUT2D eigenvalue weighted by Crippen LogP contribution is -2.48. The van der Waals surface area contributed by atoms with Crippen LogP contribution in [-0.4, -0.2) is 12.5 Å². The van der Waals surface area contributed by atoms with Gasteiger partial charge in [-0.05, 0) is 43.2 Å². The molecule has 2 aliphatic carbocycles. The van der Waals surface area contributed by atoms with Gasteiger partial charge in [-0.2, -0.15) is 0 Å². The van der Waals surface area contributed by atoms with E-state index in [1.165, 1.54) is 17.5 Å². The highest BCUT2D eigenvalue weighted by atomic mass is 16.2. The van der Waals surface area contributed by atoms with Crippen molar-refractivity contribution in [3.05, 3.63) is 35.4 Å². The number of carbonyl (C=O) groups is 1. The van der Waals surface area contributed by atoms with E-state index in [1.54, 1.807) is 0 Å². The second-order valence-electron chi connectivity index (χ2n) is 6.66. The molecule has 21 heavy (non-hydrogen) atoms. The van der Waals surface area contributed by atoms with Gasteiger partial charge in [-0.1, -0.05) is 43.5 Å². The summed E-state index contributed by atoms with van der Waals surface area (Å²) in [6.45, 7) is 0.479. The second kappa shape index (κ2) is 6.18. The van der Waals surface area contributed by atoms with Gasteiger partial charge in [0, 0.05) is 6.54 Å². The summed E-state index contributed by atoms with van der Waals surface area (Å²) in [7, 11) is 0. The molecule has 1 amide bonds. The summed E-state index contributed by atoms with van der Waals surface area (Å²) in [5.74, 6) is 0.186. The normalized spacial score (nSPS) is 24.1. The van der Waals surface area contributed by atoms with Crippen LogP contribution in [0.15, 0.2) is 24.3 Å². The molecule has 0 aromatic heterocycles. The molecule has 1 fully saturated rings. The van der Waals surface area contributed by atoms with Gasteiger partial charge in [0.2, 0.25) is 5.91 Å². The summed E-state index contributed by atoms with van der Waals surface area (Å²) < 4.78 is 0. The molecule has 1 atom stereocenters. The van der Waals surface area contributed by atoms with Crippen molar-refractivity contribution in [1.82, 2.24) is 5.32 Å². The molecule has 0 heterocycles. The maximum absolute atomic E-state index is 12.8. The molecule has 1 saturated carbocycles. The second-order valence-corrected chi connectivity index (χ2v) is 6.66. The average molecular weight is 286 g/mol. The van der Waals surface area contributed by atoms with Crippen molar-refractivity contribution >= 4 is 5.91 Å². The minimum Gasteiger partial charge on any atom is -0.349 e. The van der Waals surface area contributed by atoms with Gasteiger partial charge in [0.15, 0.2) is 0 Å². The van der Waals surface area contributed by atoms with E-state index in [9.17, 15) is 4.79 Å². The van der Waals surface area contributed by atoms with Crippen molar-refractivity contribution < 1.29 is 4.79 Å². The Balaban J connectivity index is 1.76. The number of nitrogens with one attached hydrogen (secondary N) is 1. The summed E-state index contributed by atoms with van der Waals surface area (Å²) in [6.07, 6.45) is 8.72. The quantitative estimate of drug-likeness (QED) is 0.897. The fourth-order valence-electron chi connectivity index (χ4n) is 3.97. The number of hydrogen-bond acceptors (Lipinski definition) is 2. The lowest BCUT2D eigenvalue weighted by molar-refractivity contribution is -0.133. The van der Waals surface area contributed by atoms with Crippen LogP contribution < -0.4 is 11.1 Å². The predicted molar refractivity (Wildman–Crippen MR) is 84.8 cm³/mol. The number of benzene rings is 1. The Hall–Kier alpha value is -1.35. The van der Waals surface area contributed by atoms with Crippen molar-refractivity contribution in [2.24, 2.45) is 11.1 Å². The Labute approximate surface area is 127 Å². The van der Waals surface area contributed by atoms with Crippen molar-refractivity contribution in [3.63, 3.8) is 0 Å². The zero-order chi connectivity index (χ0) is 14.7. The molecule has 1 aromatic carbocycles. The number of aryl methyl sites for hydroxylation is 1. The topological polar surface area (TPSA) is 55.1 Å². The van der Waals surface area contributed by atoms with E-state index < -0.39 is 0 Å². The van der Waals surface area contributed by atoms with Crippen molar-refractivity contribution in [2.45, 2.75) is 57.4 Å². The Morgan fingerprint density at radius 1 is 1.19 bits per heavy atom. The molecule has 3 N–H and O–H groups in total. The molecule has 0 aliphatic heterocycles. The molecule has 1 aromatic rings. The van der Waals surface area contributed by atoms with E-state index in [-0.39, 0.29) is 17.4 Å². The minimum atomic E-state index is -0.315. The fourth-order valence-corrected chi connectivity index (χ4v) is 3.97. The highest BCUT2D eigenvalue weighted by molar-refractivity contribution is 5.83. The van der Waals surface area contributed by atoms with Crippen LogP contribution in [0.5, 0.6) is 0 Å². The van der Waals surface area contributed by atoms with Crippen LogP contribution >= 0.6 is 0 Å². The molecule has 2 aliphatic rings. The Morgan fingerprint density at radius 2 is 1.95 bits per heavy atom. The third-order valence-electron chi connectivity index (χ3n) is 5.36. The SMILES string of the molecule is NCC1(C(=O)NC2CCCc3ccccc32)CCCCC1. The lowest BCUT2D eigenvalue weighted by atomic mass is 9.73. The molecule has 1 unspecified atom stereocenters. The molecule has 3 heteroatoms. The van der Waals surface area contributed by atoms with Gasteiger partial charge in [0.05, 0.1) is 11.5 Å². The molecule has 0 bridgehead atoms. The third kappa shape index (κ3) is 2.84. The van der Waals surface area contributed by atoms with Crippen LogP contribution in [0.2, 0.25) is 0 Å². The van der Waals surface area contributed by atoms with E-state index in [0.29, 0.717) is 6.54 Å². The monoisotopic (exact) mass is 286 g/mol. The van der Waals surface area contributed by atoms with Crippen molar-refractivity contribution in [1.29, 1.82) is 0 Å². The molecule has 3 nitrogen and oxygen atoms in total. The Kier molecular flexibility index (Phi) is 4.29. The van der Waals surface area contributed by atoms with E-state index in [2.05, 4.69) is 29.6 Å². The maximum atomic E-state index is 12.8. The summed E-state index contributed by atoms with van der Waals surface area (Å²) in [5, 5.41) is 3.32. The van der Waals surface area contributed by atoms with E-state index in [1.807, 2.05) is 0 Å². The van der Waals surface area contributed by atoms with Crippen LogP contribution in [0.3, 0.4) is 0 Å². The number of carbonyl (C=O) groups excluding carboxylic acids is 1. The maximum Gasteiger partial charge on any atom is 0.227 e. The van der Waals surface area contributed by atoms with Crippen molar-refractivity contribution in [2.75, 3.05) is 6.54 Å². The van der Waals surface area contributed by atoms with E-state index in [4.69, 9.17) is 5.73 Å². The largest absolute Gasteiger partial charge is 0.349 e. The number of rotatable bonds is 3. The Bertz CT molecular complexity index is 506. The minimum absolute atomic E-state index is 0.174. The van der Waals surface area contributed by atoms with Crippen LogP contribution in [0, 0.1) is 5.41 Å². The standard InChI is InChI=1S/C18H26N2O/c19-13-18(11-4-1-5-12-18)17(21)20-16-10-6-8-14-7-2-3-9-15(14)16/h2-3,7,9,16H,1,4-6,8,10-13,19H2,(H,20,21). The van der Waals surface area contributed by atoms with Gasteiger partial charge in [0.1, 0.15) is 0 Å². The smallest absolute Gasteiger partial charge is 0.227 e. The zero-order valence-corrected chi connectivity index (χ0v) is 12.7. The first-order chi connectivity index (χ1) is 10.2. The van der Waals surface area contributed by atoms with Gasteiger partial charge in [-0.15, -0.1) is 0 Å². The number of amides is 1. The fraction of sp³-hybridized carbons (Fsp3) is 0.611. The van der Waals surface area contributed by atoms with Gasteiger partial charge in [0.25, 0.3) is 0 Å². The zero-order valence-electron chi connectivity index (χ0n) is 12.7. The van der Waals surface area contributed by atoms with Gasteiger partial charge >= 0.3 is 0 Å². The average Bonchev–Trinajstić information content (AvgIpc) is 2.56. The third-order valence-corrected chi connectivity index (χ3v) is 5.36.